The Morgan fingerprint density at radius 1 is 1.00 bits per heavy atom. The minimum atomic E-state index is -1.00. The van der Waals surface area contributed by atoms with Gasteiger partial charge in [-0.05, 0) is 32.9 Å². The molecule has 0 N–H and O–H groups in total. The topological polar surface area (TPSA) is 37.4 Å². The Hall–Kier alpha value is -1.92. The van der Waals surface area contributed by atoms with Crippen LogP contribution in [-0.2, 0) is 0 Å². The van der Waals surface area contributed by atoms with Crippen LogP contribution >= 0.6 is 0 Å². The number of carbonyl (C=O) groups is 2. The molecule has 3 rings (SSSR count). The highest BCUT2D eigenvalue weighted by molar-refractivity contribution is 6.29. The summed E-state index contributed by atoms with van der Waals surface area (Å²) in [5.41, 5.74) is 0.0964. The second-order valence-electron chi connectivity index (χ2n) is 6.40. The van der Waals surface area contributed by atoms with Crippen molar-refractivity contribution in [2.45, 2.75) is 32.6 Å². The van der Waals surface area contributed by atoms with Crippen LogP contribution in [0.4, 0.5) is 0 Å². The van der Waals surface area contributed by atoms with Crippen molar-refractivity contribution >= 4 is 11.6 Å². The van der Waals surface area contributed by atoms with E-state index in [1.165, 1.54) is 19.3 Å². The quantitative estimate of drug-likeness (QED) is 0.622. The molecule has 1 aliphatic carbocycles. The Morgan fingerprint density at radius 3 is 2.18 bits per heavy atom. The van der Waals surface area contributed by atoms with Crippen molar-refractivity contribution in [3.63, 3.8) is 0 Å². The highest BCUT2D eigenvalue weighted by Crippen LogP contribution is 2.38. The van der Waals surface area contributed by atoms with Crippen LogP contribution in [0.15, 0.2) is 24.3 Å². The summed E-state index contributed by atoms with van der Waals surface area (Å²) in [4.78, 5) is 27.4. The maximum atomic E-state index is 12.5. The van der Waals surface area contributed by atoms with Crippen molar-refractivity contribution in [2.24, 2.45) is 5.41 Å². The monoisotopic (exact) mass is 295 g/mol. The van der Waals surface area contributed by atoms with Gasteiger partial charge in [0.15, 0.2) is 11.6 Å². The number of fused-ring (bicyclic) bond motifs is 1. The van der Waals surface area contributed by atoms with E-state index in [4.69, 9.17) is 0 Å². The SMILES string of the molecule is CC1(CC#CCN2CCCCC2)C(=O)c2ccccc2C1=O. The molecule has 0 unspecified atom stereocenters. The third-order valence-corrected chi connectivity index (χ3v) is 4.74. The smallest absolute Gasteiger partial charge is 0.178 e. The van der Waals surface area contributed by atoms with Crippen molar-refractivity contribution in [3.05, 3.63) is 35.4 Å². The summed E-state index contributed by atoms with van der Waals surface area (Å²) < 4.78 is 0. The molecule has 1 heterocycles. The fraction of sp³-hybridized carbons (Fsp3) is 0.474. The Balaban J connectivity index is 1.68. The van der Waals surface area contributed by atoms with Crippen LogP contribution in [-0.4, -0.2) is 36.1 Å². The molecule has 3 heteroatoms. The molecule has 2 aliphatic rings. The van der Waals surface area contributed by atoms with E-state index in [2.05, 4.69) is 16.7 Å². The molecule has 3 nitrogen and oxygen atoms in total. The van der Waals surface area contributed by atoms with Gasteiger partial charge in [0.2, 0.25) is 0 Å². The molecule has 1 saturated heterocycles. The van der Waals surface area contributed by atoms with Crippen LogP contribution in [0.1, 0.15) is 53.3 Å². The summed E-state index contributed by atoms with van der Waals surface area (Å²) in [6, 6.07) is 7.08. The lowest BCUT2D eigenvalue weighted by molar-refractivity contribution is 0.0728. The maximum absolute atomic E-state index is 12.5. The predicted molar refractivity (Wildman–Crippen MR) is 85.9 cm³/mol. The van der Waals surface area contributed by atoms with Gasteiger partial charge in [-0.2, -0.15) is 0 Å². The highest BCUT2D eigenvalue weighted by atomic mass is 16.2. The number of nitrogens with zero attached hydrogens (tertiary/aromatic N) is 1. The Labute approximate surface area is 131 Å². The van der Waals surface area contributed by atoms with Gasteiger partial charge in [-0.1, -0.05) is 36.6 Å². The molecule has 0 radical (unpaired) electrons. The lowest BCUT2D eigenvalue weighted by Gasteiger charge is -2.24. The average molecular weight is 295 g/mol. The van der Waals surface area contributed by atoms with E-state index in [0.29, 0.717) is 17.5 Å². The zero-order valence-electron chi connectivity index (χ0n) is 13.0. The fourth-order valence-electron chi connectivity index (χ4n) is 3.26. The number of rotatable bonds is 2. The first-order valence-corrected chi connectivity index (χ1v) is 7.99. The first-order valence-electron chi connectivity index (χ1n) is 7.99. The Kier molecular flexibility index (Phi) is 4.13. The maximum Gasteiger partial charge on any atom is 0.178 e. The highest BCUT2D eigenvalue weighted by Gasteiger charge is 2.48. The zero-order valence-corrected chi connectivity index (χ0v) is 13.0. The van der Waals surface area contributed by atoms with Crippen LogP contribution in [0.25, 0.3) is 0 Å². The number of hydrogen-bond acceptors (Lipinski definition) is 3. The second kappa shape index (κ2) is 6.06. The molecule has 0 atom stereocenters. The van der Waals surface area contributed by atoms with Gasteiger partial charge in [0.1, 0.15) is 5.41 Å². The number of likely N-dealkylation sites (tertiary alicyclic amines) is 1. The van der Waals surface area contributed by atoms with E-state index >= 15 is 0 Å². The van der Waals surface area contributed by atoms with E-state index < -0.39 is 5.41 Å². The minimum absolute atomic E-state index is 0.0830. The first kappa shape index (κ1) is 15.0. The van der Waals surface area contributed by atoms with Gasteiger partial charge in [0.05, 0.1) is 6.54 Å². The molecular formula is C19H21NO2. The molecule has 1 aromatic carbocycles. The first-order chi connectivity index (χ1) is 10.6. The molecule has 0 bridgehead atoms. The molecule has 1 aliphatic heterocycles. The Bertz CT molecular complexity index is 625. The number of Topliss-reactive ketones (excluding diaryl/α,β-unsaturated/α-hetero) is 2. The van der Waals surface area contributed by atoms with Gasteiger partial charge < -0.3 is 0 Å². The number of piperidine rings is 1. The normalized spacial score (nSPS) is 20.4. The summed E-state index contributed by atoms with van der Waals surface area (Å²) in [6.07, 6.45) is 4.10. The zero-order chi connectivity index (χ0) is 15.6. The van der Waals surface area contributed by atoms with Crippen LogP contribution in [0.5, 0.6) is 0 Å². The van der Waals surface area contributed by atoms with Crippen molar-refractivity contribution in [1.29, 1.82) is 0 Å². The van der Waals surface area contributed by atoms with E-state index in [1.54, 1.807) is 31.2 Å². The third-order valence-electron chi connectivity index (χ3n) is 4.74. The summed E-state index contributed by atoms with van der Waals surface area (Å²) in [7, 11) is 0. The number of hydrogen-bond donors (Lipinski definition) is 0. The van der Waals surface area contributed by atoms with E-state index in [9.17, 15) is 9.59 Å². The van der Waals surface area contributed by atoms with Gasteiger partial charge in [0.25, 0.3) is 0 Å². The number of benzene rings is 1. The molecule has 0 saturated carbocycles. The van der Waals surface area contributed by atoms with Crippen LogP contribution in [0.3, 0.4) is 0 Å². The number of ketones is 2. The molecule has 0 amide bonds. The van der Waals surface area contributed by atoms with Crippen LogP contribution in [0.2, 0.25) is 0 Å². The lowest BCUT2D eigenvalue weighted by atomic mass is 9.82. The van der Waals surface area contributed by atoms with Crippen molar-refractivity contribution in [1.82, 2.24) is 4.90 Å². The van der Waals surface area contributed by atoms with E-state index in [1.807, 2.05) is 0 Å². The van der Waals surface area contributed by atoms with E-state index in [0.717, 1.165) is 19.6 Å². The summed E-state index contributed by atoms with van der Waals surface area (Å²) in [6.45, 7) is 4.68. The minimum Gasteiger partial charge on any atom is -0.293 e. The average Bonchev–Trinajstić information content (AvgIpc) is 2.75. The molecule has 22 heavy (non-hydrogen) atoms. The van der Waals surface area contributed by atoms with Gasteiger partial charge in [-0.15, -0.1) is 5.92 Å². The molecule has 114 valence electrons. The fourth-order valence-corrected chi connectivity index (χ4v) is 3.26. The Morgan fingerprint density at radius 2 is 1.59 bits per heavy atom. The van der Waals surface area contributed by atoms with Crippen molar-refractivity contribution in [2.75, 3.05) is 19.6 Å². The molecule has 1 fully saturated rings. The summed E-state index contributed by atoms with van der Waals surface area (Å²) in [5, 5.41) is 0. The molecule has 0 spiro atoms. The summed E-state index contributed by atoms with van der Waals surface area (Å²) >= 11 is 0. The van der Waals surface area contributed by atoms with Crippen molar-refractivity contribution in [3.8, 4) is 11.8 Å². The van der Waals surface area contributed by atoms with Crippen molar-refractivity contribution < 1.29 is 9.59 Å². The van der Waals surface area contributed by atoms with Gasteiger partial charge >= 0.3 is 0 Å². The standard InChI is InChI=1S/C19H21NO2/c1-19(11-5-8-14-20-12-6-2-7-13-20)17(21)15-9-3-4-10-16(15)18(19)22/h3-4,9-10H,2,6-7,11-14H2,1H3. The van der Waals surface area contributed by atoms with Gasteiger partial charge in [-0.3, -0.25) is 14.5 Å². The molecule has 1 aromatic rings. The van der Waals surface area contributed by atoms with Gasteiger partial charge in [-0.25, -0.2) is 0 Å². The van der Waals surface area contributed by atoms with Crippen LogP contribution < -0.4 is 0 Å². The van der Waals surface area contributed by atoms with Crippen LogP contribution in [0, 0.1) is 17.3 Å². The largest absolute Gasteiger partial charge is 0.293 e. The molecular weight excluding hydrogens is 274 g/mol. The summed E-state index contributed by atoms with van der Waals surface area (Å²) in [5.74, 6) is 6.06. The second-order valence-corrected chi connectivity index (χ2v) is 6.40. The molecule has 0 aromatic heterocycles. The van der Waals surface area contributed by atoms with Gasteiger partial charge in [0, 0.05) is 17.5 Å². The lowest BCUT2D eigenvalue weighted by Crippen LogP contribution is -2.30. The number of carbonyl (C=O) groups excluding carboxylic acids is 2. The predicted octanol–water partition coefficient (Wildman–Crippen LogP) is 2.95. The van der Waals surface area contributed by atoms with E-state index in [-0.39, 0.29) is 11.6 Å². The third kappa shape index (κ3) is 2.60.